The molecule has 110 valence electrons. The first-order valence-corrected chi connectivity index (χ1v) is 7.34. The summed E-state index contributed by atoms with van der Waals surface area (Å²) in [6.07, 6.45) is 3.72. The summed E-state index contributed by atoms with van der Waals surface area (Å²) in [5.74, 6) is 0.906. The smallest absolute Gasteiger partial charge is 0.118 e. The molecule has 1 aromatic heterocycles. The first-order valence-electron chi connectivity index (χ1n) is 7.34. The number of aromatic nitrogens is 1. The largest absolute Gasteiger partial charge is 0.497 e. The van der Waals surface area contributed by atoms with E-state index >= 15 is 0 Å². The van der Waals surface area contributed by atoms with E-state index < -0.39 is 0 Å². The number of hydrogen-bond acceptors (Lipinski definition) is 4. The number of pyridine rings is 1. The van der Waals surface area contributed by atoms with Crippen molar-refractivity contribution in [2.24, 2.45) is 0 Å². The van der Waals surface area contributed by atoms with Crippen LogP contribution >= 0.6 is 0 Å². The Balaban J connectivity index is 1.77. The molecule has 2 aromatic rings. The van der Waals surface area contributed by atoms with Crippen molar-refractivity contribution in [3.05, 3.63) is 59.9 Å². The van der Waals surface area contributed by atoms with Gasteiger partial charge in [-0.3, -0.25) is 9.88 Å². The minimum atomic E-state index is 0.401. The van der Waals surface area contributed by atoms with E-state index in [-0.39, 0.29) is 0 Å². The first-order chi connectivity index (χ1) is 10.4. The highest BCUT2D eigenvalue weighted by Crippen LogP contribution is 2.25. The van der Waals surface area contributed by atoms with Gasteiger partial charge in [0.2, 0.25) is 0 Å². The Morgan fingerprint density at radius 3 is 2.67 bits per heavy atom. The van der Waals surface area contributed by atoms with Crippen LogP contribution in [0.15, 0.2) is 48.8 Å². The van der Waals surface area contributed by atoms with E-state index in [1.165, 1.54) is 11.1 Å². The van der Waals surface area contributed by atoms with E-state index in [0.29, 0.717) is 6.04 Å². The van der Waals surface area contributed by atoms with Gasteiger partial charge in [-0.05, 0) is 35.4 Å². The molecule has 0 amide bonds. The molecule has 4 nitrogen and oxygen atoms in total. The maximum Gasteiger partial charge on any atom is 0.118 e. The number of rotatable bonds is 4. The number of piperazine rings is 1. The van der Waals surface area contributed by atoms with Gasteiger partial charge in [0.15, 0.2) is 0 Å². The molecule has 3 rings (SSSR count). The van der Waals surface area contributed by atoms with Gasteiger partial charge < -0.3 is 10.1 Å². The highest BCUT2D eigenvalue weighted by Gasteiger charge is 2.23. The fourth-order valence-electron chi connectivity index (χ4n) is 2.81. The van der Waals surface area contributed by atoms with Crippen molar-refractivity contribution in [1.29, 1.82) is 0 Å². The van der Waals surface area contributed by atoms with E-state index in [0.717, 1.165) is 31.9 Å². The zero-order chi connectivity index (χ0) is 14.5. The number of hydrogen-bond donors (Lipinski definition) is 1. The van der Waals surface area contributed by atoms with E-state index in [1.54, 1.807) is 7.11 Å². The lowest BCUT2D eigenvalue weighted by atomic mass is 10.0. The van der Waals surface area contributed by atoms with Crippen molar-refractivity contribution in [3.63, 3.8) is 0 Å². The van der Waals surface area contributed by atoms with Gasteiger partial charge in [-0.15, -0.1) is 0 Å². The molecule has 21 heavy (non-hydrogen) atoms. The second-order valence-corrected chi connectivity index (χ2v) is 5.32. The number of ether oxygens (including phenoxy) is 1. The highest BCUT2D eigenvalue weighted by atomic mass is 16.5. The summed E-state index contributed by atoms with van der Waals surface area (Å²) < 4.78 is 5.24. The number of nitrogens with one attached hydrogen (secondary N) is 1. The average molecular weight is 283 g/mol. The molecular weight excluding hydrogens is 262 g/mol. The van der Waals surface area contributed by atoms with Crippen molar-refractivity contribution in [1.82, 2.24) is 15.2 Å². The second-order valence-electron chi connectivity index (χ2n) is 5.32. The number of benzene rings is 1. The van der Waals surface area contributed by atoms with Crippen molar-refractivity contribution >= 4 is 0 Å². The van der Waals surface area contributed by atoms with Crippen LogP contribution in [-0.2, 0) is 6.54 Å². The maximum atomic E-state index is 5.24. The molecule has 1 saturated heterocycles. The molecule has 1 N–H and O–H groups in total. The van der Waals surface area contributed by atoms with Crippen molar-refractivity contribution in [2.75, 3.05) is 26.7 Å². The van der Waals surface area contributed by atoms with Gasteiger partial charge in [0.25, 0.3) is 0 Å². The Morgan fingerprint density at radius 2 is 1.95 bits per heavy atom. The Kier molecular flexibility index (Phi) is 4.48. The molecule has 0 aliphatic carbocycles. The summed E-state index contributed by atoms with van der Waals surface area (Å²) in [4.78, 5) is 6.61. The Morgan fingerprint density at radius 1 is 1.19 bits per heavy atom. The Bertz CT molecular complexity index is 556. The summed E-state index contributed by atoms with van der Waals surface area (Å²) in [6.45, 7) is 4.04. The lowest BCUT2D eigenvalue weighted by Gasteiger charge is -2.36. The quantitative estimate of drug-likeness (QED) is 0.934. The summed E-state index contributed by atoms with van der Waals surface area (Å²) >= 11 is 0. The maximum absolute atomic E-state index is 5.24. The van der Waals surface area contributed by atoms with Gasteiger partial charge in [-0.2, -0.15) is 0 Å². The van der Waals surface area contributed by atoms with Gasteiger partial charge in [-0.25, -0.2) is 0 Å². The number of methoxy groups -OCH3 is 1. The van der Waals surface area contributed by atoms with Gasteiger partial charge in [0, 0.05) is 44.6 Å². The van der Waals surface area contributed by atoms with Crippen molar-refractivity contribution in [3.8, 4) is 5.75 Å². The average Bonchev–Trinajstić information content (AvgIpc) is 2.56. The molecule has 0 bridgehead atoms. The Hall–Kier alpha value is -1.91. The normalized spacial score (nSPS) is 19.4. The van der Waals surface area contributed by atoms with Crippen molar-refractivity contribution in [2.45, 2.75) is 12.6 Å². The molecular formula is C17H21N3O. The molecule has 1 aromatic carbocycles. The third-order valence-electron chi connectivity index (χ3n) is 3.99. The second kappa shape index (κ2) is 6.70. The van der Waals surface area contributed by atoms with Crippen LogP contribution in [0.1, 0.15) is 17.2 Å². The molecule has 0 spiro atoms. The topological polar surface area (TPSA) is 37.4 Å². The van der Waals surface area contributed by atoms with Crippen LogP contribution in [0.3, 0.4) is 0 Å². The van der Waals surface area contributed by atoms with Crippen LogP contribution in [-0.4, -0.2) is 36.6 Å². The van der Waals surface area contributed by atoms with Crippen LogP contribution in [0, 0.1) is 0 Å². The van der Waals surface area contributed by atoms with E-state index in [9.17, 15) is 0 Å². The summed E-state index contributed by atoms with van der Waals surface area (Å²) in [7, 11) is 1.70. The monoisotopic (exact) mass is 283 g/mol. The van der Waals surface area contributed by atoms with Crippen LogP contribution in [0.25, 0.3) is 0 Å². The molecule has 0 unspecified atom stereocenters. The molecule has 1 aliphatic heterocycles. The fraction of sp³-hybridized carbons (Fsp3) is 0.353. The van der Waals surface area contributed by atoms with Gasteiger partial charge >= 0.3 is 0 Å². The molecule has 0 radical (unpaired) electrons. The van der Waals surface area contributed by atoms with Crippen LogP contribution in [0.4, 0.5) is 0 Å². The summed E-state index contributed by atoms with van der Waals surface area (Å²) in [5.41, 5.74) is 2.64. The van der Waals surface area contributed by atoms with Gasteiger partial charge in [0.1, 0.15) is 5.75 Å². The minimum absolute atomic E-state index is 0.401. The van der Waals surface area contributed by atoms with Crippen LogP contribution < -0.4 is 10.1 Å². The van der Waals surface area contributed by atoms with Gasteiger partial charge in [-0.1, -0.05) is 12.1 Å². The number of nitrogens with zero attached hydrogens (tertiary/aromatic N) is 2. The predicted octanol–water partition coefficient (Wildman–Crippen LogP) is 2.24. The lowest BCUT2D eigenvalue weighted by Crippen LogP contribution is -2.45. The zero-order valence-corrected chi connectivity index (χ0v) is 12.3. The molecule has 0 saturated carbocycles. The lowest BCUT2D eigenvalue weighted by molar-refractivity contribution is 0.153. The SMILES string of the molecule is COc1ccc([C@H]2CNCCN2Cc2ccncc2)cc1. The molecule has 1 atom stereocenters. The van der Waals surface area contributed by atoms with E-state index in [1.807, 2.05) is 24.5 Å². The van der Waals surface area contributed by atoms with Crippen molar-refractivity contribution < 1.29 is 4.74 Å². The standard InChI is InChI=1S/C17H21N3O/c1-21-16-4-2-15(3-5-16)17-12-19-10-11-20(17)13-14-6-8-18-9-7-14/h2-9,17,19H,10-13H2,1H3/t17-/m1/s1. The molecule has 4 heteroatoms. The Labute approximate surface area is 125 Å². The van der Waals surface area contributed by atoms with Gasteiger partial charge in [0.05, 0.1) is 7.11 Å². The minimum Gasteiger partial charge on any atom is -0.497 e. The third kappa shape index (κ3) is 3.40. The molecule has 1 aliphatic rings. The van der Waals surface area contributed by atoms with E-state index in [2.05, 4.69) is 39.5 Å². The van der Waals surface area contributed by atoms with Crippen LogP contribution in [0.5, 0.6) is 5.75 Å². The first kappa shape index (κ1) is 14.0. The highest BCUT2D eigenvalue weighted by molar-refractivity contribution is 5.29. The zero-order valence-electron chi connectivity index (χ0n) is 12.3. The third-order valence-corrected chi connectivity index (χ3v) is 3.99. The molecule has 2 heterocycles. The molecule has 1 fully saturated rings. The van der Waals surface area contributed by atoms with Crippen LogP contribution in [0.2, 0.25) is 0 Å². The predicted molar refractivity (Wildman–Crippen MR) is 83.3 cm³/mol. The van der Waals surface area contributed by atoms with E-state index in [4.69, 9.17) is 4.74 Å². The fourth-order valence-corrected chi connectivity index (χ4v) is 2.81. The summed E-state index contributed by atoms with van der Waals surface area (Å²) in [6, 6.07) is 13.0. The summed E-state index contributed by atoms with van der Waals surface area (Å²) in [5, 5.41) is 3.49.